The summed E-state index contributed by atoms with van der Waals surface area (Å²) >= 11 is 9.61. The van der Waals surface area contributed by atoms with Crippen molar-refractivity contribution in [2.24, 2.45) is 5.92 Å². The molecule has 0 spiro atoms. The second kappa shape index (κ2) is 6.96. The van der Waals surface area contributed by atoms with Crippen molar-refractivity contribution in [3.05, 3.63) is 28.2 Å². The van der Waals surface area contributed by atoms with E-state index >= 15 is 0 Å². The van der Waals surface area contributed by atoms with Crippen molar-refractivity contribution < 1.29 is 0 Å². The van der Waals surface area contributed by atoms with Gasteiger partial charge in [-0.15, -0.1) is 11.6 Å². The van der Waals surface area contributed by atoms with Crippen molar-refractivity contribution in [1.29, 1.82) is 0 Å². The first-order valence-electron chi connectivity index (χ1n) is 6.92. The highest BCUT2D eigenvalue weighted by atomic mass is 79.9. The summed E-state index contributed by atoms with van der Waals surface area (Å²) in [5.41, 5.74) is 2.51. The minimum Gasteiger partial charge on any atom is -0.369 e. The van der Waals surface area contributed by atoms with Crippen molar-refractivity contribution in [3.8, 4) is 0 Å². The predicted molar refractivity (Wildman–Crippen MR) is 87.2 cm³/mol. The van der Waals surface area contributed by atoms with Gasteiger partial charge in [0.25, 0.3) is 0 Å². The molecule has 0 amide bonds. The van der Waals surface area contributed by atoms with E-state index in [1.807, 2.05) is 0 Å². The van der Waals surface area contributed by atoms with Gasteiger partial charge in [-0.1, -0.05) is 35.8 Å². The zero-order valence-electron chi connectivity index (χ0n) is 11.7. The highest BCUT2D eigenvalue weighted by Gasteiger charge is 2.19. The van der Waals surface area contributed by atoms with Crippen LogP contribution in [0.25, 0.3) is 0 Å². The average molecular weight is 346 g/mol. The van der Waals surface area contributed by atoms with Gasteiger partial charge in [0.1, 0.15) is 0 Å². The molecule has 1 heterocycles. The van der Waals surface area contributed by atoms with Gasteiger partial charge in [0.05, 0.1) is 0 Å². The van der Waals surface area contributed by atoms with Crippen LogP contribution in [0.5, 0.6) is 0 Å². The molecule has 0 saturated carbocycles. The predicted octanol–water partition coefficient (Wildman–Crippen LogP) is 3.97. The van der Waals surface area contributed by atoms with Crippen molar-refractivity contribution in [1.82, 2.24) is 4.90 Å². The van der Waals surface area contributed by atoms with E-state index in [0.29, 0.717) is 5.88 Å². The van der Waals surface area contributed by atoms with E-state index in [1.54, 1.807) is 0 Å². The zero-order valence-corrected chi connectivity index (χ0v) is 14.0. The third kappa shape index (κ3) is 4.11. The lowest BCUT2D eigenvalue weighted by atomic mass is 10.1. The second-order valence-electron chi connectivity index (χ2n) is 5.59. The van der Waals surface area contributed by atoms with Crippen LogP contribution in [0.4, 0.5) is 5.69 Å². The standard InChI is InChI=1S/C15H22BrClN2/c1-12(2)11-18-5-7-19(8-6-18)15-9-14(16)4-3-13(15)10-17/h3-4,9,12H,5-8,10-11H2,1-2H3. The van der Waals surface area contributed by atoms with E-state index in [2.05, 4.69) is 57.8 Å². The molecule has 0 radical (unpaired) electrons. The van der Waals surface area contributed by atoms with Crippen molar-refractivity contribution in [2.75, 3.05) is 37.6 Å². The molecule has 1 aromatic rings. The lowest BCUT2D eigenvalue weighted by Crippen LogP contribution is -2.47. The van der Waals surface area contributed by atoms with E-state index in [0.717, 1.165) is 36.6 Å². The fraction of sp³-hybridized carbons (Fsp3) is 0.600. The normalized spacial score (nSPS) is 17.2. The van der Waals surface area contributed by atoms with Crippen LogP contribution in [-0.4, -0.2) is 37.6 Å². The molecule has 0 aromatic heterocycles. The minimum atomic E-state index is 0.578. The van der Waals surface area contributed by atoms with Gasteiger partial charge < -0.3 is 4.90 Å². The van der Waals surface area contributed by atoms with Crippen LogP contribution in [0.3, 0.4) is 0 Å². The molecule has 0 aliphatic carbocycles. The molecule has 1 aliphatic rings. The second-order valence-corrected chi connectivity index (χ2v) is 6.77. The third-order valence-electron chi connectivity index (χ3n) is 3.53. The fourth-order valence-corrected chi connectivity index (χ4v) is 3.21. The van der Waals surface area contributed by atoms with Gasteiger partial charge in [-0.2, -0.15) is 0 Å². The Bertz CT molecular complexity index is 415. The van der Waals surface area contributed by atoms with Gasteiger partial charge in [-0.05, 0) is 23.6 Å². The van der Waals surface area contributed by atoms with E-state index in [4.69, 9.17) is 11.6 Å². The Kier molecular flexibility index (Phi) is 5.55. The largest absolute Gasteiger partial charge is 0.369 e. The molecule has 106 valence electrons. The summed E-state index contributed by atoms with van der Waals surface area (Å²) in [7, 11) is 0. The molecule has 1 aromatic carbocycles. The average Bonchev–Trinajstić information content (AvgIpc) is 2.39. The van der Waals surface area contributed by atoms with Crippen LogP contribution in [-0.2, 0) is 5.88 Å². The molecule has 4 heteroatoms. The van der Waals surface area contributed by atoms with E-state index in [9.17, 15) is 0 Å². The molecular formula is C15H22BrClN2. The minimum absolute atomic E-state index is 0.578. The Balaban J connectivity index is 2.03. The molecule has 2 nitrogen and oxygen atoms in total. The van der Waals surface area contributed by atoms with Crippen LogP contribution in [0.15, 0.2) is 22.7 Å². The molecule has 1 fully saturated rings. The van der Waals surface area contributed by atoms with Gasteiger partial charge in [0.2, 0.25) is 0 Å². The number of hydrogen-bond acceptors (Lipinski definition) is 2. The summed E-state index contributed by atoms with van der Waals surface area (Å²) in [5, 5.41) is 0. The summed E-state index contributed by atoms with van der Waals surface area (Å²) in [6, 6.07) is 6.37. The summed E-state index contributed by atoms with van der Waals surface area (Å²) in [4.78, 5) is 5.01. The Hall–Kier alpha value is -0.250. The number of alkyl halides is 1. The first kappa shape index (κ1) is 15.1. The monoisotopic (exact) mass is 344 g/mol. The number of rotatable bonds is 4. The van der Waals surface area contributed by atoms with E-state index in [-0.39, 0.29) is 0 Å². The van der Waals surface area contributed by atoms with Gasteiger partial charge in [-0.25, -0.2) is 0 Å². The van der Waals surface area contributed by atoms with Crippen LogP contribution >= 0.6 is 27.5 Å². The van der Waals surface area contributed by atoms with Gasteiger partial charge in [-0.3, -0.25) is 4.90 Å². The molecule has 0 bridgehead atoms. The molecule has 0 atom stereocenters. The van der Waals surface area contributed by atoms with Crippen molar-refractivity contribution >= 4 is 33.2 Å². The van der Waals surface area contributed by atoms with Crippen molar-refractivity contribution in [3.63, 3.8) is 0 Å². The topological polar surface area (TPSA) is 6.48 Å². The molecule has 2 rings (SSSR count). The number of anilines is 1. The number of benzene rings is 1. The zero-order chi connectivity index (χ0) is 13.8. The lowest BCUT2D eigenvalue weighted by molar-refractivity contribution is 0.231. The first-order chi connectivity index (χ1) is 9.10. The molecular weight excluding hydrogens is 324 g/mol. The Labute approximate surface area is 129 Å². The fourth-order valence-electron chi connectivity index (χ4n) is 2.63. The number of halogens is 2. The maximum absolute atomic E-state index is 6.05. The van der Waals surface area contributed by atoms with Crippen LogP contribution in [0.2, 0.25) is 0 Å². The molecule has 19 heavy (non-hydrogen) atoms. The van der Waals surface area contributed by atoms with E-state index in [1.165, 1.54) is 17.8 Å². The summed E-state index contributed by atoms with van der Waals surface area (Å²) in [6.45, 7) is 10.2. The molecule has 0 unspecified atom stereocenters. The number of piperazine rings is 1. The van der Waals surface area contributed by atoms with Gasteiger partial charge >= 0.3 is 0 Å². The van der Waals surface area contributed by atoms with Crippen LogP contribution in [0, 0.1) is 5.92 Å². The molecule has 0 N–H and O–H groups in total. The van der Waals surface area contributed by atoms with E-state index < -0.39 is 0 Å². The van der Waals surface area contributed by atoms with Gasteiger partial charge in [0.15, 0.2) is 0 Å². The van der Waals surface area contributed by atoms with Crippen LogP contribution in [0.1, 0.15) is 19.4 Å². The van der Waals surface area contributed by atoms with Gasteiger partial charge in [0, 0.05) is 48.8 Å². The highest BCUT2D eigenvalue weighted by Crippen LogP contribution is 2.27. The molecule has 1 saturated heterocycles. The quantitative estimate of drug-likeness (QED) is 0.762. The maximum Gasteiger partial charge on any atom is 0.0494 e. The first-order valence-corrected chi connectivity index (χ1v) is 8.24. The summed E-state index contributed by atoms with van der Waals surface area (Å²) in [5.74, 6) is 1.32. The third-order valence-corrected chi connectivity index (χ3v) is 4.31. The maximum atomic E-state index is 6.05. The number of nitrogens with zero attached hydrogens (tertiary/aromatic N) is 2. The summed E-state index contributed by atoms with van der Waals surface area (Å²) < 4.78 is 1.13. The SMILES string of the molecule is CC(C)CN1CCN(c2cc(Br)ccc2CCl)CC1. The lowest BCUT2D eigenvalue weighted by Gasteiger charge is -2.37. The highest BCUT2D eigenvalue weighted by molar-refractivity contribution is 9.10. The Morgan fingerprint density at radius 1 is 1.21 bits per heavy atom. The molecule has 1 aliphatic heterocycles. The number of hydrogen-bond donors (Lipinski definition) is 0. The smallest absolute Gasteiger partial charge is 0.0494 e. The Morgan fingerprint density at radius 3 is 2.47 bits per heavy atom. The van der Waals surface area contributed by atoms with Crippen LogP contribution < -0.4 is 4.90 Å². The Morgan fingerprint density at radius 2 is 1.89 bits per heavy atom. The summed E-state index contributed by atoms with van der Waals surface area (Å²) in [6.07, 6.45) is 0. The van der Waals surface area contributed by atoms with Crippen molar-refractivity contribution in [2.45, 2.75) is 19.7 Å².